The minimum atomic E-state index is -3.23. The van der Waals surface area contributed by atoms with Crippen LogP contribution in [0.1, 0.15) is 30.5 Å². The van der Waals surface area contributed by atoms with Crippen molar-refractivity contribution in [3.05, 3.63) is 59.7 Å². The number of aryl methyl sites for hydroxylation is 1. The predicted octanol–water partition coefficient (Wildman–Crippen LogP) is 3.04. The summed E-state index contributed by atoms with van der Waals surface area (Å²) in [5, 5.41) is 2.92. The normalized spacial score (nSPS) is 12.4. The maximum absolute atomic E-state index is 12.2. The van der Waals surface area contributed by atoms with Gasteiger partial charge in [-0.25, -0.2) is 8.42 Å². The predicted molar refractivity (Wildman–Crippen MR) is 97.4 cm³/mol. The fourth-order valence-corrected chi connectivity index (χ4v) is 3.10. The summed E-state index contributed by atoms with van der Waals surface area (Å²) in [6.07, 6.45) is 1.86. The summed E-state index contributed by atoms with van der Waals surface area (Å²) in [5.41, 5.74) is 1.83. The number of para-hydroxylation sites is 1. The number of sulfone groups is 1. The molecule has 2 aromatic carbocycles. The summed E-state index contributed by atoms with van der Waals surface area (Å²) in [4.78, 5) is 12.4. The van der Waals surface area contributed by atoms with Gasteiger partial charge in [-0.05, 0) is 42.7 Å². The minimum absolute atomic E-state index is 0.0667. The molecule has 2 aromatic rings. The van der Waals surface area contributed by atoms with Crippen LogP contribution < -0.4 is 10.1 Å². The fraction of sp³-hybridized carbons (Fsp3) is 0.316. The first-order valence-corrected chi connectivity index (χ1v) is 9.98. The number of carbonyl (C=O) groups is 1. The maximum atomic E-state index is 12.2. The van der Waals surface area contributed by atoms with Crippen molar-refractivity contribution in [1.82, 2.24) is 5.32 Å². The topological polar surface area (TPSA) is 72.5 Å². The number of rotatable bonds is 7. The van der Waals surface area contributed by atoms with Crippen LogP contribution in [0, 0.1) is 6.92 Å². The Hall–Kier alpha value is -2.34. The summed E-state index contributed by atoms with van der Waals surface area (Å²) in [5.74, 6) is 0.463. The molecule has 0 heterocycles. The van der Waals surface area contributed by atoms with Gasteiger partial charge in [-0.3, -0.25) is 4.79 Å². The molecule has 25 heavy (non-hydrogen) atoms. The van der Waals surface area contributed by atoms with Crippen molar-refractivity contribution in [2.45, 2.75) is 31.2 Å². The van der Waals surface area contributed by atoms with E-state index in [1.54, 1.807) is 24.3 Å². The fourth-order valence-electron chi connectivity index (χ4n) is 2.47. The second-order valence-corrected chi connectivity index (χ2v) is 7.94. The molecule has 5 nitrogen and oxygen atoms in total. The van der Waals surface area contributed by atoms with Crippen LogP contribution in [0.25, 0.3) is 0 Å². The largest absolute Gasteiger partial charge is 0.484 e. The Kier molecular flexibility index (Phi) is 6.20. The zero-order valence-electron chi connectivity index (χ0n) is 14.7. The molecule has 0 aromatic heterocycles. The molecular weight excluding hydrogens is 338 g/mol. The molecule has 0 saturated heterocycles. The number of ether oxygens (including phenoxy) is 1. The SMILES string of the molecule is CC[C@@H](NC(=O)COc1ccccc1C)c1ccc(S(C)(=O)=O)cc1. The first-order valence-electron chi connectivity index (χ1n) is 8.09. The smallest absolute Gasteiger partial charge is 0.258 e. The van der Waals surface area contributed by atoms with Gasteiger partial charge in [0.15, 0.2) is 16.4 Å². The molecule has 0 aliphatic carbocycles. The number of hydrogen-bond acceptors (Lipinski definition) is 4. The lowest BCUT2D eigenvalue weighted by atomic mass is 10.0. The van der Waals surface area contributed by atoms with Gasteiger partial charge in [0.1, 0.15) is 5.75 Å². The van der Waals surface area contributed by atoms with Crippen LogP contribution in [0.5, 0.6) is 5.75 Å². The molecule has 0 aliphatic rings. The van der Waals surface area contributed by atoms with Gasteiger partial charge < -0.3 is 10.1 Å². The lowest BCUT2D eigenvalue weighted by molar-refractivity contribution is -0.123. The Balaban J connectivity index is 1.99. The van der Waals surface area contributed by atoms with Crippen LogP contribution >= 0.6 is 0 Å². The summed E-state index contributed by atoms with van der Waals surface area (Å²) in [6, 6.07) is 13.9. The highest BCUT2D eigenvalue weighted by Gasteiger charge is 2.15. The molecular formula is C19H23NO4S. The molecule has 2 rings (SSSR count). The molecule has 6 heteroatoms. The van der Waals surface area contributed by atoms with Crippen molar-refractivity contribution in [3.63, 3.8) is 0 Å². The van der Waals surface area contributed by atoms with Gasteiger partial charge in [0.2, 0.25) is 0 Å². The van der Waals surface area contributed by atoms with E-state index in [0.717, 1.165) is 11.1 Å². The van der Waals surface area contributed by atoms with Crippen molar-refractivity contribution in [3.8, 4) is 5.75 Å². The van der Waals surface area contributed by atoms with Gasteiger partial charge in [0.25, 0.3) is 5.91 Å². The van der Waals surface area contributed by atoms with E-state index in [4.69, 9.17) is 4.74 Å². The van der Waals surface area contributed by atoms with Crippen molar-refractivity contribution in [1.29, 1.82) is 0 Å². The molecule has 1 N–H and O–H groups in total. The molecule has 0 bridgehead atoms. The van der Waals surface area contributed by atoms with Gasteiger partial charge in [0, 0.05) is 6.26 Å². The third-order valence-electron chi connectivity index (χ3n) is 3.91. The lowest BCUT2D eigenvalue weighted by Gasteiger charge is -2.18. The number of carbonyl (C=O) groups excluding carboxylic acids is 1. The van der Waals surface area contributed by atoms with Crippen molar-refractivity contribution >= 4 is 15.7 Å². The van der Waals surface area contributed by atoms with Gasteiger partial charge >= 0.3 is 0 Å². The monoisotopic (exact) mass is 361 g/mol. The highest BCUT2D eigenvalue weighted by Crippen LogP contribution is 2.20. The highest BCUT2D eigenvalue weighted by molar-refractivity contribution is 7.90. The first-order chi connectivity index (χ1) is 11.8. The standard InChI is InChI=1S/C19H23NO4S/c1-4-17(15-9-11-16(12-10-15)25(3,22)23)20-19(21)13-24-18-8-6-5-7-14(18)2/h5-12,17H,4,13H2,1-3H3,(H,20,21)/t17-/m1/s1. The van der Waals surface area contributed by atoms with E-state index in [2.05, 4.69) is 5.32 Å². The Labute approximate surface area is 148 Å². The van der Waals surface area contributed by atoms with Gasteiger partial charge in [-0.1, -0.05) is 37.3 Å². The first kappa shape index (κ1) is 19.0. The number of nitrogens with one attached hydrogen (secondary N) is 1. The van der Waals surface area contributed by atoms with Crippen molar-refractivity contribution in [2.24, 2.45) is 0 Å². The van der Waals surface area contributed by atoms with E-state index in [1.807, 2.05) is 38.1 Å². The average Bonchev–Trinajstić information content (AvgIpc) is 2.58. The van der Waals surface area contributed by atoms with E-state index >= 15 is 0 Å². The Bertz CT molecular complexity index is 829. The second kappa shape index (κ2) is 8.16. The lowest BCUT2D eigenvalue weighted by Crippen LogP contribution is -2.32. The Morgan fingerprint density at radius 1 is 1.12 bits per heavy atom. The van der Waals surface area contributed by atoms with Crippen LogP contribution in [0.15, 0.2) is 53.4 Å². The maximum Gasteiger partial charge on any atom is 0.258 e. The number of hydrogen-bond donors (Lipinski definition) is 1. The van der Waals surface area contributed by atoms with Gasteiger partial charge in [-0.2, -0.15) is 0 Å². The van der Waals surface area contributed by atoms with E-state index in [9.17, 15) is 13.2 Å². The summed E-state index contributed by atoms with van der Waals surface area (Å²) < 4.78 is 28.6. The molecule has 0 saturated carbocycles. The van der Waals surface area contributed by atoms with Crippen LogP contribution in [-0.4, -0.2) is 27.2 Å². The molecule has 0 unspecified atom stereocenters. The Morgan fingerprint density at radius 2 is 1.76 bits per heavy atom. The molecule has 0 radical (unpaired) electrons. The van der Waals surface area contributed by atoms with E-state index in [-0.39, 0.29) is 23.5 Å². The van der Waals surface area contributed by atoms with E-state index in [0.29, 0.717) is 12.2 Å². The zero-order valence-corrected chi connectivity index (χ0v) is 15.5. The summed E-state index contributed by atoms with van der Waals surface area (Å²) in [7, 11) is -3.23. The van der Waals surface area contributed by atoms with Crippen molar-refractivity contribution < 1.29 is 17.9 Å². The van der Waals surface area contributed by atoms with Crippen LogP contribution in [0.4, 0.5) is 0 Å². The molecule has 1 atom stereocenters. The highest BCUT2D eigenvalue weighted by atomic mass is 32.2. The minimum Gasteiger partial charge on any atom is -0.484 e. The molecule has 134 valence electrons. The van der Waals surface area contributed by atoms with E-state index in [1.165, 1.54) is 6.26 Å². The van der Waals surface area contributed by atoms with E-state index < -0.39 is 9.84 Å². The number of amides is 1. The zero-order chi connectivity index (χ0) is 18.4. The molecule has 0 fully saturated rings. The average molecular weight is 361 g/mol. The third-order valence-corrected chi connectivity index (χ3v) is 5.03. The van der Waals surface area contributed by atoms with Gasteiger partial charge in [0.05, 0.1) is 10.9 Å². The quantitative estimate of drug-likeness (QED) is 0.823. The molecule has 1 amide bonds. The molecule has 0 spiro atoms. The van der Waals surface area contributed by atoms with Gasteiger partial charge in [-0.15, -0.1) is 0 Å². The summed E-state index contributed by atoms with van der Waals surface area (Å²) >= 11 is 0. The summed E-state index contributed by atoms with van der Waals surface area (Å²) in [6.45, 7) is 3.81. The van der Waals surface area contributed by atoms with Crippen LogP contribution in [0.2, 0.25) is 0 Å². The van der Waals surface area contributed by atoms with Crippen LogP contribution in [-0.2, 0) is 14.6 Å². The Morgan fingerprint density at radius 3 is 2.32 bits per heavy atom. The molecule has 0 aliphatic heterocycles. The van der Waals surface area contributed by atoms with Crippen molar-refractivity contribution in [2.75, 3.05) is 12.9 Å². The second-order valence-electron chi connectivity index (χ2n) is 5.92. The number of benzene rings is 2. The third kappa shape index (κ3) is 5.32. The van der Waals surface area contributed by atoms with Crippen LogP contribution in [0.3, 0.4) is 0 Å².